The van der Waals surface area contributed by atoms with Gasteiger partial charge in [0.1, 0.15) is 24.3 Å². The summed E-state index contributed by atoms with van der Waals surface area (Å²) in [6, 6.07) is 39.7. The van der Waals surface area contributed by atoms with Crippen LogP contribution in [0, 0.1) is 23.7 Å². The Morgan fingerprint density at radius 3 is 1.05 bits per heavy atom. The molecule has 0 spiro atoms. The molecule has 6 aromatic rings. The van der Waals surface area contributed by atoms with Gasteiger partial charge in [0.05, 0.1) is 44.9 Å². The largest absolute Gasteiger partial charge is 0.388 e. The van der Waals surface area contributed by atoms with Gasteiger partial charge in [-0.15, -0.1) is 0 Å². The molecular weight excluding hydrogens is 1050 g/mol. The minimum Gasteiger partial charge on any atom is -0.388 e. The van der Waals surface area contributed by atoms with Gasteiger partial charge in [-0.05, 0) is 123 Å². The summed E-state index contributed by atoms with van der Waals surface area (Å²) in [6.07, 6.45) is -3.37. The van der Waals surface area contributed by atoms with Crippen LogP contribution in [0.15, 0.2) is 146 Å². The zero-order valence-electron chi connectivity index (χ0n) is 47.8. The van der Waals surface area contributed by atoms with E-state index in [1.54, 1.807) is 118 Å². The lowest BCUT2D eigenvalue weighted by Gasteiger charge is -2.35. The SMILES string of the molecule is CC(C)C(NC(=O)[C@H](Cc1cccc2ccccc12)CS(=O)(=O)C(C)(C)C)C(=O)NC(Cc1ccccc1)C(O)C(O)C(Cc1ccccc1)NC(=O)[C@@H](NC(=O)C(Cc1cccc2ccccc12)CS(=O)(=O)C(C)(C)C)C(C)C. The van der Waals surface area contributed by atoms with Crippen LogP contribution in [0.3, 0.4) is 0 Å². The highest BCUT2D eigenvalue weighted by Crippen LogP contribution is 2.28. The number of benzene rings is 6. The summed E-state index contributed by atoms with van der Waals surface area (Å²) in [5.74, 6) is -6.92. The predicted molar refractivity (Wildman–Crippen MR) is 319 cm³/mol. The van der Waals surface area contributed by atoms with Gasteiger partial charge in [-0.3, -0.25) is 19.2 Å². The van der Waals surface area contributed by atoms with Gasteiger partial charge >= 0.3 is 0 Å². The van der Waals surface area contributed by atoms with E-state index in [0.29, 0.717) is 11.1 Å². The predicted octanol–water partition coefficient (Wildman–Crippen LogP) is 7.90. The molecular formula is C64H82N4O10S2. The van der Waals surface area contributed by atoms with E-state index in [4.69, 9.17) is 0 Å². The lowest BCUT2D eigenvalue weighted by molar-refractivity contribution is -0.134. The van der Waals surface area contributed by atoms with E-state index >= 15 is 0 Å². The molecule has 16 heteroatoms. The van der Waals surface area contributed by atoms with Crippen molar-refractivity contribution in [2.24, 2.45) is 23.7 Å². The number of hydrogen-bond donors (Lipinski definition) is 6. The van der Waals surface area contributed by atoms with Crippen molar-refractivity contribution in [1.29, 1.82) is 0 Å². The Morgan fingerprint density at radius 1 is 0.412 bits per heavy atom. The molecule has 4 amide bonds. The molecule has 0 aliphatic rings. The Balaban J connectivity index is 1.29. The van der Waals surface area contributed by atoms with Gasteiger partial charge in [0, 0.05) is 0 Å². The zero-order chi connectivity index (χ0) is 58.7. The number of fused-ring (bicyclic) bond motifs is 2. The summed E-state index contributed by atoms with van der Waals surface area (Å²) in [5.41, 5.74) is 2.92. The van der Waals surface area contributed by atoms with Crippen molar-refractivity contribution in [2.75, 3.05) is 11.5 Å². The molecule has 6 rings (SSSR count). The van der Waals surface area contributed by atoms with Gasteiger partial charge in [0.2, 0.25) is 23.6 Å². The third kappa shape index (κ3) is 16.4. The van der Waals surface area contributed by atoms with Crippen LogP contribution in [0.4, 0.5) is 0 Å². The van der Waals surface area contributed by atoms with E-state index in [1.807, 2.05) is 97.1 Å². The van der Waals surface area contributed by atoms with Gasteiger partial charge in [0.25, 0.3) is 0 Å². The van der Waals surface area contributed by atoms with Crippen LogP contribution in [0.1, 0.15) is 91.5 Å². The molecule has 430 valence electrons. The van der Waals surface area contributed by atoms with E-state index in [-0.39, 0.29) is 25.7 Å². The molecule has 6 unspecified atom stereocenters. The van der Waals surface area contributed by atoms with Gasteiger partial charge in [-0.1, -0.05) is 173 Å². The van der Waals surface area contributed by atoms with E-state index in [1.165, 1.54) is 0 Å². The molecule has 0 saturated heterocycles. The van der Waals surface area contributed by atoms with Gasteiger partial charge in [-0.2, -0.15) is 0 Å². The monoisotopic (exact) mass is 1130 g/mol. The normalized spacial score (nSPS) is 15.5. The molecule has 14 nitrogen and oxygen atoms in total. The van der Waals surface area contributed by atoms with E-state index < -0.39 is 124 Å². The third-order valence-corrected chi connectivity index (χ3v) is 20.5. The van der Waals surface area contributed by atoms with Crippen molar-refractivity contribution in [2.45, 2.75) is 141 Å². The minimum atomic E-state index is -3.85. The van der Waals surface area contributed by atoms with Crippen LogP contribution in [0.2, 0.25) is 0 Å². The number of aliphatic hydroxyl groups excluding tert-OH is 2. The molecule has 6 aromatic carbocycles. The number of rotatable bonds is 25. The average Bonchev–Trinajstić information content (AvgIpc) is 3.40. The Kier molecular flexibility index (Phi) is 21.1. The molecule has 0 bridgehead atoms. The van der Waals surface area contributed by atoms with Crippen molar-refractivity contribution >= 4 is 64.8 Å². The fourth-order valence-corrected chi connectivity index (χ4v) is 12.4. The number of nitrogens with one attached hydrogen (secondary N) is 4. The molecule has 0 radical (unpaired) electrons. The summed E-state index contributed by atoms with van der Waals surface area (Å²) in [5, 5.41) is 40.1. The fourth-order valence-electron chi connectivity index (χ4n) is 9.84. The summed E-state index contributed by atoms with van der Waals surface area (Å²) >= 11 is 0. The molecule has 0 fully saturated rings. The molecule has 80 heavy (non-hydrogen) atoms. The Morgan fingerprint density at radius 2 is 0.725 bits per heavy atom. The smallest absolute Gasteiger partial charge is 0.243 e. The van der Waals surface area contributed by atoms with Gasteiger partial charge < -0.3 is 31.5 Å². The molecule has 0 aliphatic carbocycles. The average molecular weight is 1130 g/mol. The first-order valence-corrected chi connectivity index (χ1v) is 30.9. The summed E-state index contributed by atoms with van der Waals surface area (Å²) in [4.78, 5) is 58.7. The molecule has 0 saturated carbocycles. The number of amides is 4. The van der Waals surface area contributed by atoms with Gasteiger partial charge in [0.15, 0.2) is 19.7 Å². The Labute approximate surface area is 473 Å². The number of hydrogen-bond acceptors (Lipinski definition) is 10. The van der Waals surface area contributed by atoms with Crippen molar-refractivity contribution in [1.82, 2.24) is 21.3 Å². The standard InChI is InChI=1S/C64H82N4O10S2/c1-41(2)55(67-59(71)49(39-79(75,76)63(5,6)7)37-47-31-21-29-45-27-17-19-33-51(45)47)61(73)65-53(35-43-23-13-11-14-24-43)57(69)58(70)54(36-44-25-15-12-16-26-44)66-62(74)56(42(3)4)68-60(72)50(40-80(77,78)64(8,9)10)38-48-32-22-30-46-28-18-20-34-52(46)48/h11-34,41-42,49-50,53-58,69-70H,35-40H2,1-10H3,(H,65,73)(H,66,74)(H,67,71)(H,68,72)/t49-,50?,53?,54?,55?,56+,57?,58?/m1/s1. The second kappa shape index (κ2) is 26.9. The van der Waals surface area contributed by atoms with Crippen molar-refractivity contribution in [3.05, 3.63) is 168 Å². The van der Waals surface area contributed by atoms with Crippen LogP contribution in [-0.2, 0) is 64.5 Å². The van der Waals surface area contributed by atoms with Crippen LogP contribution in [0.25, 0.3) is 21.5 Å². The first kappa shape index (κ1) is 62.7. The van der Waals surface area contributed by atoms with E-state index in [0.717, 1.165) is 32.7 Å². The highest BCUT2D eigenvalue weighted by molar-refractivity contribution is 7.93. The zero-order valence-corrected chi connectivity index (χ0v) is 49.5. The number of sulfone groups is 2. The second-order valence-corrected chi connectivity index (χ2v) is 29.5. The molecule has 0 aromatic heterocycles. The summed E-state index contributed by atoms with van der Waals surface area (Å²) < 4.78 is 52.9. The van der Waals surface area contributed by atoms with Crippen molar-refractivity contribution < 1.29 is 46.2 Å². The lowest BCUT2D eigenvalue weighted by Crippen LogP contribution is -2.62. The maximum Gasteiger partial charge on any atom is 0.243 e. The lowest BCUT2D eigenvalue weighted by atomic mass is 9.90. The maximum absolute atomic E-state index is 14.7. The number of carbonyl (C=O) groups is 4. The van der Waals surface area contributed by atoms with Crippen LogP contribution in [0.5, 0.6) is 0 Å². The molecule has 0 aliphatic heterocycles. The quantitative estimate of drug-likeness (QED) is 0.0325. The van der Waals surface area contributed by atoms with Crippen molar-refractivity contribution in [3.63, 3.8) is 0 Å². The summed E-state index contributed by atoms with van der Waals surface area (Å²) in [7, 11) is -7.70. The highest BCUT2D eigenvalue weighted by Gasteiger charge is 2.41. The maximum atomic E-state index is 14.7. The first-order chi connectivity index (χ1) is 37.6. The molecule has 0 heterocycles. The van der Waals surface area contributed by atoms with Crippen LogP contribution < -0.4 is 21.3 Å². The third-order valence-electron chi connectivity index (χ3n) is 15.1. The first-order valence-electron chi connectivity index (χ1n) is 27.6. The van der Waals surface area contributed by atoms with Crippen molar-refractivity contribution in [3.8, 4) is 0 Å². The minimum absolute atomic E-state index is 0.00332. The second-order valence-electron chi connectivity index (χ2n) is 23.9. The van der Waals surface area contributed by atoms with Crippen LogP contribution in [-0.4, -0.2) is 108 Å². The fraction of sp³-hybridized carbons (Fsp3) is 0.438. The number of aliphatic hydroxyl groups is 2. The van der Waals surface area contributed by atoms with E-state index in [9.17, 15) is 46.2 Å². The Hall–Kier alpha value is -6.46. The molecule has 8 atom stereocenters. The van der Waals surface area contributed by atoms with E-state index in [2.05, 4.69) is 21.3 Å². The van der Waals surface area contributed by atoms with Gasteiger partial charge in [-0.25, -0.2) is 16.8 Å². The highest BCUT2D eigenvalue weighted by atomic mass is 32.2. The Bertz CT molecular complexity index is 3070. The number of carbonyl (C=O) groups excluding carboxylic acids is 4. The molecule has 6 N–H and O–H groups in total. The summed E-state index contributed by atoms with van der Waals surface area (Å²) in [6.45, 7) is 16.4. The topological polar surface area (TPSA) is 225 Å². The van der Waals surface area contributed by atoms with Crippen LogP contribution >= 0.6 is 0 Å².